The van der Waals surface area contributed by atoms with Gasteiger partial charge in [0.25, 0.3) is 0 Å². The number of H-pyrrole nitrogens is 1. The molecule has 3 N–H and O–H groups in total. The lowest BCUT2D eigenvalue weighted by atomic mass is 10.0. The van der Waals surface area contributed by atoms with Gasteiger partial charge in [0.05, 0.1) is 12.7 Å². The zero-order valence-corrected chi connectivity index (χ0v) is 22.4. The second kappa shape index (κ2) is 14.6. The Morgan fingerprint density at radius 2 is 1.59 bits per heavy atom. The monoisotopic (exact) mass is 537 g/mol. The van der Waals surface area contributed by atoms with Gasteiger partial charge in [0.1, 0.15) is 18.7 Å². The van der Waals surface area contributed by atoms with Crippen molar-refractivity contribution in [3.05, 3.63) is 71.9 Å². The van der Waals surface area contributed by atoms with Crippen LogP contribution in [-0.2, 0) is 41.6 Å². The van der Waals surface area contributed by atoms with Crippen molar-refractivity contribution in [2.24, 2.45) is 0 Å². The molecule has 3 rings (SSSR count). The van der Waals surface area contributed by atoms with Crippen LogP contribution in [0.5, 0.6) is 0 Å². The van der Waals surface area contributed by atoms with Crippen LogP contribution in [0.1, 0.15) is 44.7 Å². The lowest BCUT2D eigenvalue weighted by Gasteiger charge is -2.20. The second-order valence-corrected chi connectivity index (χ2v) is 9.22. The zero-order chi connectivity index (χ0) is 28.2. The van der Waals surface area contributed by atoms with Crippen LogP contribution in [0.3, 0.4) is 0 Å². The second-order valence-electron chi connectivity index (χ2n) is 9.22. The fourth-order valence-corrected chi connectivity index (χ4v) is 3.97. The van der Waals surface area contributed by atoms with Crippen molar-refractivity contribution in [2.75, 3.05) is 6.61 Å². The number of amides is 2. The molecule has 1 heterocycles. The smallest absolute Gasteiger partial charge is 0.408 e. The number of esters is 2. The molecule has 0 radical (unpaired) electrons. The fraction of sp³-hybridized carbons (Fsp3) is 0.379. The highest BCUT2D eigenvalue weighted by Gasteiger charge is 2.27. The van der Waals surface area contributed by atoms with E-state index in [2.05, 4.69) is 15.6 Å². The van der Waals surface area contributed by atoms with Gasteiger partial charge in [-0.1, -0.05) is 48.5 Å². The number of aromatic nitrogens is 1. The molecule has 2 amide bonds. The van der Waals surface area contributed by atoms with Gasteiger partial charge in [0.15, 0.2) is 0 Å². The molecule has 39 heavy (non-hydrogen) atoms. The maximum atomic E-state index is 12.9. The number of alkyl carbamates (subject to hydrolysis) is 1. The van der Waals surface area contributed by atoms with E-state index in [1.807, 2.05) is 42.5 Å². The molecule has 0 fully saturated rings. The molecule has 3 aromatic rings. The van der Waals surface area contributed by atoms with Gasteiger partial charge in [-0.05, 0) is 44.4 Å². The van der Waals surface area contributed by atoms with Crippen molar-refractivity contribution in [3.8, 4) is 0 Å². The predicted molar refractivity (Wildman–Crippen MR) is 145 cm³/mol. The third kappa shape index (κ3) is 9.17. The van der Waals surface area contributed by atoms with Gasteiger partial charge < -0.3 is 29.8 Å². The Hall–Kier alpha value is -4.34. The highest BCUT2D eigenvalue weighted by molar-refractivity contribution is 5.88. The minimum atomic E-state index is -1.10. The summed E-state index contributed by atoms with van der Waals surface area (Å²) in [4.78, 5) is 53.7. The van der Waals surface area contributed by atoms with E-state index in [4.69, 9.17) is 14.2 Å². The summed E-state index contributed by atoms with van der Waals surface area (Å²) in [5.41, 5.74) is 2.55. The number of aromatic amines is 1. The average molecular weight is 538 g/mol. The molecule has 0 aliphatic heterocycles. The number of fused-ring (bicyclic) bond motifs is 1. The van der Waals surface area contributed by atoms with E-state index in [1.165, 1.54) is 0 Å². The van der Waals surface area contributed by atoms with Gasteiger partial charge in [-0.3, -0.25) is 4.79 Å². The highest BCUT2D eigenvalue weighted by Crippen LogP contribution is 2.20. The summed E-state index contributed by atoms with van der Waals surface area (Å²) in [6, 6.07) is 14.7. The van der Waals surface area contributed by atoms with E-state index in [0.29, 0.717) is 0 Å². The van der Waals surface area contributed by atoms with Gasteiger partial charge in [-0.2, -0.15) is 0 Å². The minimum Gasteiger partial charge on any atom is -0.464 e. The van der Waals surface area contributed by atoms with Gasteiger partial charge in [0.2, 0.25) is 5.91 Å². The van der Waals surface area contributed by atoms with Crippen LogP contribution in [0.4, 0.5) is 4.79 Å². The zero-order valence-electron chi connectivity index (χ0n) is 22.4. The standard InChI is InChI=1S/C29H35N3O7/c1-4-37-27(34)24(32-29(36)38-18-20-10-6-5-7-11-20)14-15-26(33)31-25(28(35)39-19(2)3)16-21-17-30-23-13-9-8-12-22(21)23/h5-13,17,19,24-25,30H,4,14-16,18H2,1-3H3,(H,31,33)(H,32,36)/t24-,25-/m1/s1. The van der Waals surface area contributed by atoms with Crippen LogP contribution >= 0.6 is 0 Å². The number of benzene rings is 2. The molecule has 208 valence electrons. The largest absolute Gasteiger partial charge is 0.464 e. The SMILES string of the molecule is CCOC(=O)[C@@H](CCC(=O)N[C@H](Cc1c[nH]c2ccccc12)C(=O)OC(C)C)NC(=O)OCc1ccccc1. The van der Waals surface area contributed by atoms with E-state index in [-0.39, 0.29) is 38.6 Å². The number of carbonyl (C=O) groups excluding carboxylic acids is 4. The number of ether oxygens (including phenoxy) is 3. The number of nitrogens with one attached hydrogen (secondary N) is 3. The third-order valence-corrected chi connectivity index (χ3v) is 5.81. The molecule has 1 aromatic heterocycles. The number of hydrogen-bond donors (Lipinski definition) is 3. The lowest BCUT2D eigenvalue weighted by molar-refractivity contribution is -0.151. The Bertz CT molecular complexity index is 1260. The molecule has 0 spiro atoms. The van der Waals surface area contributed by atoms with Crippen molar-refractivity contribution in [2.45, 2.75) is 64.8 Å². The molecule has 0 saturated heterocycles. The number of hydrogen-bond acceptors (Lipinski definition) is 7. The molecule has 2 atom stereocenters. The summed E-state index contributed by atoms with van der Waals surface area (Å²) in [7, 11) is 0. The first-order valence-corrected chi connectivity index (χ1v) is 13.0. The summed E-state index contributed by atoms with van der Waals surface area (Å²) in [5.74, 6) is -1.72. The van der Waals surface area contributed by atoms with Crippen LogP contribution in [0, 0.1) is 0 Å². The third-order valence-electron chi connectivity index (χ3n) is 5.81. The van der Waals surface area contributed by atoms with Crippen molar-refractivity contribution >= 4 is 34.8 Å². The summed E-state index contributed by atoms with van der Waals surface area (Å²) in [5, 5.41) is 6.14. The summed E-state index contributed by atoms with van der Waals surface area (Å²) in [6.45, 7) is 5.24. The molecule has 2 aromatic carbocycles. The van der Waals surface area contributed by atoms with E-state index < -0.39 is 36.0 Å². The number of carbonyl (C=O) groups is 4. The van der Waals surface area contributed by atoms with Gasteiger partial charge in [0, 0.05) is 29.9 Å². The predicted octanol–water partition coefficient (Wildman–Crippen LogP) is 3.79. The van der Waals surface area contributed by atoms with Crippen molar-refractivity contribution in [3.63, 3.8) is 0 Å². The maximum Gasteiger partial charge on any atom is 0.408 e. The van der Waals surface area contributed by atoms with Crippen LogP contribution < -0.4 is 10.6 Å². The first kappa shape index (κ1) is 29.2. The molecular weight excluding hydrogens is 502 g/mol. The van der Waals surface area contributed by atoms with Crippen molar-refractivity contribution < 1.29 is 33.4 Å². The normalized spacial score (nSPS) is 12.4. The maximum absolute atomic E-state index is 12.9. The van der Waals surface area contributed by atoms with Crippen molar-refractivity contribution in [1.82, 2.24) is 15.6 Å². The molecule has 0 unspecified atom stereocenters. The van der Waals surface area contributed by atoms with Crippen LogP contribution in [0.15, 0.2) is 60.8 Å². The summed E-state index contributed by atoms with van der Waals surface area (Å²) in [6.07, 6.45) is 0.640. The van der Waals surface area contributed by atoms with Crippen LogP contribution in [0.2, 0.25) is 0 Å². The Morgan fingerprint density at radius 1 is 0.872 bits per heavy atom. The van der Waals surface area contributed by atoms with E-state index in [1.54, 1.807) is 39.1 Å². The molecule has 0 bridgehead atoms. The molecule has 10 nitrogen and oxygen atoms in total. The van der Waals surface area contributed by atoms with E-state index >= 15 is 0 Å². The Morgan fingerprint density at radius 3 is 2.31 bits per heavy atom. The fourth-order valence-electron chi connectivity index (χ4n) is 3.97. The van der Waals surface area contributed by atoms with Crippen LogP contribution in [0.25, 0.3) is 10.9 Å². The minimum absolute atomic E-state index is 0.0240. The molecule has 0 saturated carbocycles. The quantitative estimate of drug-likeness (QED) is 0.223. The Labute approximate surface area is 227 Å². The topological polar surface area (TPSA) is 136 Å². The molecular formula is C29H35N3O7. The summed E-state index contributed by atoms with van der Waals surface area (Å²) >= 11 is 0. The average Bonchev–Trinajstić information content (AvgIpc) is 3.32. The van der Waals surface area contributed by atoms with E-state index in [9.17, 15) is 19.2 Å². The first-order valence-electron chi connectivity index (χ1n) is 13.0. The van der Waals surface area contributed by atoms with Gasteiger partial charge >= 0.3 is 18.0 Å². The number of rotatable bonds is 13. The molecule has 0 aliphatic carbocycles. The highest BCUT2D eigenvalue weighted by atomic mass is 16.6. The van der Waals surface area contributed by atoms with Gasteiger partial charge in [-0.15, -0.1) is 0 Å². The van der Waals surface area contributed by atoms with Crippen LogP contribution in [-0.4, -0.2) is 53.7 Å². The molecule has 10 heteroatoms. The lowest BCUT2D eigenvalue weighted by Crippen LogP contribution is -2.46. The van der Waals surface area contributed by atoms with Gasteiger partial charge in [-0.25, -0.2) is 14.4 Å². The molecule has 0 aliphatic rings. The Kier molecular flexibility index (Phi) is 10.9. The van der Waals surface area contributed by atoms with E-state index in [0.717, 1.165) is 22.0 Å². The van der Waals surface area contributed by atoms with Crippen molar-refractivity contribution in [1.29, 1.82) is 0 Å². The Balaban J connectivity index is 1.62. The summed E-state index contributed by atoms with van der Waals surface area (Å²) < 4.78 is 15.6. The number of para-hydroxylation sites is 1. The first-order chi connectivity index (χ1) is 18.8.